The first kappa shape index (κ1) is 9.69. The molecule has 0 aromatic heterocycles. The Bertz CT molecular complexity index is 279. The number of hydrogen-bond acceptors (Lipinski definition) is 2. The highest BCUT2D eigenvalue weighted by molar-refractivity contribution is 5.95. The van der Waals surface area contributed by atoms with Gasteiger partial charge in [-0.25, -0.2) is 5.01 Å². The van der Waals surface area contributed by atoms with Crippen LogP contribution in [0.4, 0.5) is 0 Å². The highest BCUT2D eigenvalue weighted by Crippen LogP contribution is 2.47. The minimum Gasteiger partial charge on any atom is -0.272 e. The normalized spacial score (nSPS) is 24.9. The lowest BCUT2D eigenvalue weighted by molar-refractivity contribution is -0.148. The van der Waals surface area contributed by atoms with E-state index in [0.717, 1.165) is 37.9 Å². The van der Waals surface area contributed by atoms with E-state index >= 15 is 0 Å². The van der Waals surface area contributed by atoms with Gasteiger partial charge in [-0.05, 0) is 26.2 Å². The van der Waals surface area contributed by atoms with Crippen molar-refractivity contribution in [3.63, 3.8) is 0 Å². The lowest BCUT2D eigenvalue weighted by Crippen LogP contribution is -2.50. The quantitative estimate of drug-likeness (QED) is 0.663. The van der Waals surface area contributed by atoms with Gasteiger partial charge in [0.05, 0.1) is 5.41 Å². The van der Waals surface area contributed by atoms with Crippen LogP contribution in [0.2, 0.25) is 0 Å². The molecule has 0 aromatic carbocycles. The van der Waals surface area contributed by atoms with E-state index < -0.39 is 0 Å². The van der Waals surface area contributed by atoms with Gasteiger partial charge in [-0.1, -0.05) is 13.3 Å². The smallest absolute Gasteiger partial charge is 0.249 e. The molecule has 1 aliphatic carbocycles. The largest absolute Gasteiger partial charge is 0.272 e. The second-order valence-electron chi connectivity index (χ2n) is 4.57. The molecule has 0 bridgehead atoms. The molecule has 0 radical (unpaired) electrons. The molecule has 0 aromatic rings. The number of rotatable bonds is 2. The summed E-state index contributed by atoms with van der Waals surface area (Å²) in [5, 5.41) is 6.02. The Balaban J connectivity index is 2.19. The Morgan fingerprint density at radius 1 is 1.50 bits per heavy atom. The summed E-state index contributed by atoms with van der Waals surface area (Å²) in [6.07, 6.45) is 5.22. The number of amides is 1. The third kappa shape index (κ3) is 1.35. The maximum absolute atomic E-state index is 12.1. The number of hydrazone groups is 1. The van der Waals surface area contributed by atoms with Gasteiger partial charge >= 0.3 is 0 Å². The Hall–Kier alpha value is -0.860. The van der Waals surface area contributed by atoms with Crippen LogP contribution in [0.25, 0.3) is 0 Å². The average molecular weight is 194 g/mol. The van der Waals surface area contributed by atoms with Crippen molar-refractivity contribution in [2.24, 2.45) is 10.5 Å². The van der Waals surface area contributed by atoms with Crippen molar-refractivity contribution >= 4 is 11.6 Å². The van der Waals surface area contributed by atoms with Crippen LogP contribution >= 0.6 is 0 Å². The summed E-state index contributed by atoms with van der Waals surface area (Å²) in [4.78, 5) is 12.1. The number of carbonyl (C=O) groups excluding carboxylic acids is 1. The zero-order valence-corrected chi connectivity index (χ0v) is 9.05. The molecule has 0 atom stereocenters. The maximum Gasteiger partial charge on any atom is 0.249 e. The monoisotopic (exact) mass is 194 g/mol. The van der Waals surface area contributed by atoms with E-state index in [0.29, 0.717) is 0 Å². The topological polar surface area (TPSA) is 32.7 Å². The fourth-order valence-electron chi connectivity index (χ4n) is 2.48. The van der Waals surface area contributed by atoms with Crippen LogP contribution < -0.4 is 0 Å². The molecule has 2 aliphatic rings. The fourth-order valence-corrected chi connectivity index (χ4v) is 2.48. The molecule has 0 unspecified atom stereocenters. The van der Waals surface area contributed by atoms with Crippen molar-refractivity contribution in [3.8, 4) is 0 Å². The van der Waals surface area contributed by atoms with E-state index in [2.05, 4.69) is 12.0 Å². The fraction of sp³-hybridized carbons (Fsp3) is 0.818. The van der Waals surface area contributed by atoms with Gasteiger partial charge in [-0.3, -0.25) is 4.79 Å². The number of hydrogen-bond donors (Lipinski definition) is 0. The Morgan fingerprint density at radius 3 is 2.71 bits per heavy atom. The molecular weight excluding hydrogens is 176 g/mol. The van der Waals surface area contributed by atoms with Crippen LogP contribution in [0, 0.1) is 5.41 Å². The SMILES string of the molecule is CCCN1N=C(C)CC2(CCC2)C1=O. The first-order chi connectivity index (χ1) is 6.68. The lowest BCUT2D eigenvalue weighted by atomic mass is 9.64. The van der Waals surface area contributed by atoms with Gasteiger partial charge in [0.15, 0.2) is 0 Å². The molecule has 1 spiro atoms. The van der Waals surface area contributed by atoms with Crippen molar-refractivity contribution in [1.29, 1.82) is 0 Å². The van der Waals surface area contributed by atoms with Gasteiger partial charge in [0.1, 0.15) is 0 Å². The Kier molecular flexibility index (Phi) is 2.33. The highest BCUT2D eigenvalue weighted by atomic mass is 16.2. The molecule has 0 saturated heterocycles. The third-order valence-electron chi connectivity index (χ3n) is 3.32. The maximum atomic E-state index is 12.1. The summed E-state index contributed by atoms with van der Waals surface area (Å²) >= 11 is 0. The van der Waals surface area contributed by atoms with E-state index in [-0.39, 0.29) is 11.3 Å². The van der Waals surface area contributed by atoms with Gasteiger partial charge in [-0.15, -0.1) is 0 Å². The summed E-state index contributed by atoms with van der Waals surface area (Å²) in [5.41, 5.74) is 1.08. The van der Waals surface area contributed by atoms with Gasteiger partial charge < -0.3 is 0 Å². The summed E-state index contributed by atoms with van der Waals surface area (Å²) in [7, 11) is 0. The van der Waals surface area contributed by atoms with E-state index in [1.807, 2.05) is 6.92 Å². The molecule has 1 heterocycles. The molecular formula is C11H18N2O. The van der Waals surface area contributed by atoms with E-state index in [1.54, 1.807) is 5.01 Å². The van der Waals surface area contributed by atoms with Crippen LogP contribution in [-0.4, -0.2) is 23.2 Å². The molecule has 1 aliphatic heterocycles. The molecule has 1 saturated carbocycles. The standard InChI is InChI=1S/C11H18N2O/c1-3-7-13-10(14)11(5-4-6-11)8-9(2)12-13/h3-8H2,1-2H3. The van der Waals surface area contributed by atoms with Crippen molar-refractivity contribution in [2.45, 2.75) is 46.0 Å². The average Bonchev–Trinajstić information content (AvgIpc) is 2.08. The Morgan fingerprint density at radius 2 is 2.21 bits per heavy atom. The molecule has 1 fully saturated rings. The first-order valence-electron chi connectivity index (χ1n) is 5.54. The first-order valence-corrected chi connectivity index (χ1v) is 5.54. The van der Waals surface area contributed by atoms with Gasteiger partial charge in [0, 0.05) is 18.7 Å². The predicted octanol–water partition coefficient (Wildman–Crippen LogP) is 2.17. The Labute approximate surface area is 85.2 Å². The van der Waals surface area contributed by atoms with Gasteiger partial charge in [0.2, 0.25) is 5.91 Å². The molecule has 78 valence electrons. The minimum absolute atomic E-state index is 0.0407. The summed E-state index contributed by atoms with van der Waals surface area (Å²) < 4.78 is 0. The number of carbonyl (C=O) groups is 1. The van der Waals surface area contributed by atoms with Crippen LogP contribution in [-0.2, 0) is 4.79 Å². The highest BCUT2D eigenvalue weighted by Gasteiger charge is 2.48. The molecule has 3 heteroatoms. The third-order valence-corrected chi connectivity index (χ3v) is 3.32. The lowest BCUT2D eigenvalue weighted by Gasteiger charge is -2.45. The van der Waals surface area contributed by atoms with Crippen molar-refractivity contribution < 1.29 is 4.79 Å². The van der Waals surface area contributed by atoms with Gasteiger partial charge in [0.25, 0.3) is 0 Å². The molecule has 3 nitrogen and oxygen atoms in total. The minimum atomic E-state index is -0.0407. The van der Waals surface area contributed by atoms with Crippen LogP contribution in [0.3, 0.4) is 0 Å². The second-order valence-corrected chi connectivity index (χ2v) is 4.57. The molecule has 0 N–H and O–H groups in total. The zero-order valence-electron chi connectivity index (χ0n) is 9.05. The van der Waals surface area contributed by atoms with Gasteiger partial charge in [-0.2, -0.15) is 5.10 Å². The zero-order chi connectivity index (χ0) is 10.2. The van der Waals surface area contributed by atoms with Crippen LogP contribution in [0.1, 0.15) is 46.0 Å². The van der Waals surface area contributed by atoms with Crippen molar-refractivity contribution in [1.82, 2.24) is 5.01 Å². The van der Waals surface area contributed by atoms with Crippen molar-refractivity contribution in [2.75, 3.05) is 6.54 Å². The summed E-state index contributed by atoms with van der Waals surface area (Å²) in [6.45, 7) is 4.90. The van der Waals surface area contributed by atoms with E-state index in [4.69, 9.17) is 0 Å². The van der Waals surface area contributed by atoms with Crippen LogP contribution in [0.5, 0.6) is 0 Å². The predicted molar refractivity (Wildman–Crippen MR) is 56.0 cm³/mol. The molecule has 2 rings (SSSR count). The number of nitrogens with zero attached hydrogens (tertiary/aromatic N) is 2. The summed E-state index contributed by atoms with van der Waals surface area (Å²) in [6, 6.07) is 0. The van der Waals surface area contributed by atoms with Crippen LogP contribution in [0.15, 0.2) is 5.10 Å². The summed E-state index contributed by atoms with van der Waals surface area (Å²) in [5.74, 6) is 0.274. The van der Waals surface area contributed by atoms with Crippen molar-refractivity contribution in [3.05, 3.63) is 0 Å². The molecule has 1 amide bonds. The van der Waals surface area contributed by atoms with E-state index in [9.17, 15) is 4.79 Å². The molecule has 14 heavy (non-hydrogen) atoms. The van der Waals surface area contributed by atoms with E-state index in [1.165, 1.54) is 6.42 Å². The second kappa shape index (κ2) is 3.37.